The second kappa shape index (κ2) is 7.13. The highest BCUT2D eigenvalue weighted by Gasteiger charge is 2.14. The van der Waals surface area contributed by atoms with E-state index in [0.717, 1.165) is 4.47 Å². The zero-order valence-electron chi connectivity index (χ0n) is 11.8. The molecular formula is C16H15BrO4. The number of carbonyl (C=O) groups excluding carboxylic acids is 1. The molecule has 0 radical (unpaired) electrons. The van der Waals surface area contributed by atoms with Crippen molar-refractivity contribution >= 4 is 21.7 Å². The molecule has 21 heavy (non-hydrogen) atoms. The van der Waals surface area contributed by atoms with E-state index < -0.39 is 0 Å². The van der Waals surface area contributed by atoms with E-state index in [0.29, 0.717) is 22.8 Å². The molecule has 2 rings (SSSR count). The molecule has 0 aliphatic heterocycles. The Morgan fingerprint density at radius 1 is 1.00 bits per heavy atom. The molecule has 4 nitrogen and oxygen atoms in total. The Morgan fingerprint density at radius 2 is 1.67 bits per heavy atom. The molecule has 0 saturated heterocycles. The van der Waals surface area contributed by atoms with E-state index in [1.54, 1.807) is 37.4 Å². The summed E-state index contributed by atoms with van der Waals surface area (Å²) in [5.74, 6) is 1.59. The van der Waals surface area contributed by atoms with Gasteiger partial charge in [0.05, 0.1) is 19.8 Å². The fraction of sp³-hybridized carbons (Fsp3) is 0.188. The highest BCUT2D eigenvalue weighted by atomic mass is 79.9. The number of carbonyl (C=O) groups is 1. The normalized spacial score (nSPS) is 10.0. The van der Waals surface area contributed by atoms with Crippen molar-refractivity contribution in [3.8, 4) is 17.2 Å². The maximum absolute atomic E-state index is 12.2. The first-order valence-corrected chi connectivity index (χ1v) is 7.07. The van der Waals surface area contributed by atoms with Crippen LogP contribution in [0.4, 0.5) is 0 Å². The third kappa shape index (κ3) is 3.98. The largest absolute Gasteiger partial charge is 0.497 e. The van der Waals surface area contributed by atoms with Gasteiger partial charge in [-0.05, 0) is 36.4 Å². The highest BCUT2D eigenvalue weighted by molar-refractivity contribution is 9.10. The fourth-order valence-electron chi connectivity index (χ4n) is 1.79. The van der Waals surface area contributed by atoms with Crippen LogP contribution in [0.2, 0.25) is 0 Å². The van der Waals surface area contributed by atoms with Crippen LogP contribution in [0, 0.1) is 0 Å². The third-order valence-corrected chi connectivity index (χ3v) is 3.42. The zero-order valence-corrected chi connectivity index (χ0v) is 13.3. The van der Waals surface area contributed by atoms with Gasteiger partial charge in [0.2, 0.25) is 5.78 Å². The van der Waals surface area contributed by atoms with Gasteiger partial charge in [-0.1, -0.05) is 15.9 Å². The molecule has 0 aromatic heterocycles. The molecule has 2 aromatic carbocycles. The van der Waals surface area contributed by atoms with Crippen LogP contribution >= 0.6 is 15.9 Å². The first kappa shape index (κ1) is 15.4. The second-order valence-corrected chi connectivity index (χ2v) is 5.15. The standard InChI is InChI=1S/C16H15BrO4/c1-19-13-7-8-14(16(9-13)20-2)15(18)10-21-12-5-3-11(17)4-6-12/h3-9H,10H2,1-2H3. The number of rotatable bonds is 6. The van der Waals surface area contributed by atoms with Gasteiger partial charge < -0.3 is 14.2 Å². The van der Waals surface area contributed by atoms with Crippen LogP contribution in [0.3, 0.4) is 0 Å². The quantitative estimate of drug-likeness (QED) is 0.744. The number of hydrogen-bond acceptors (Lipinski definition) is 4. The lowest BCUT2D eigenvalue weighted by atomic mass is 10.1. The van der Waals surface area contributed by atoms with E-state index in [4.69, 9.17) is 14.2 Å². The summed E-state index contributed by atoms with van der Waals surface area (Å²) in [4.78, 5) is 12.2. The van der Waals surface area contributed by atoms with Crippen LogP contribution in [0.25, 0.3) is 0 Å². The van der Waals surface area contributed by atoms with E-state index in [-0.39, 0.29) is 12.4 Å². The first-order chi connectivity index (χ1) is 10.1. The molecule has 2 aromatic rings. The maximum atomic E-state index is 12.2. The van der Waals surface area contributed by atoms with Gasteiger partial charge in [0.15, 0.2) is 6.61 Å². The van der Waals surface area contributed by atoms with Crippen molar-refractivity contribution in [2.75, 3.05) is 20.8 Å². The molecule has 110 valence electrons. The summed E-state index contributed by atoms with van der Waals surface area (Å²) in [5.41, 5.74) is 0.468. The predicted octanol–water partition coefficient (Wildman–Crippen LogP) is 3.73. The number of benzene rings is 2. The van der Waals surface area contributed by atoms with Gasteiger partial charge in [0.25, 0.3) is 0 Å². The Bertz CT molecular complexity index is 623. The number of methoxy groups -OCH3 is 2. The average Bonchev–Trinajstić information content (AvgIpc) is 2.53. The smallest absolute Gasteiger partial charge is 0.203 e. The van der Waals surface area contributed by atoms with Crippen molar-refractivity contribution in [1.29, 1.82) is 0 Å². The van der Waals surface area contributed by atoms with Gasteiger partial charge >= 0.3 is 0 Å². The van der Waals surface area contributed by atoms with Crippen molar-refractivity contribution in [3.05, 3.63) is 52.5 Å². The van der Waals surface area contributed by atoms with Crippen LogP contribution < -0.4 is 14.2 Å². The Morgan fingerprint density at radius 3 is 2.29 bits per heavy atom. The summed E-state index contributed by atoms with van der Waals surface area (Å²) in [6.07, 6.45) is 0. The van der Waals surface area contributed by atoms with E-state index >= 15 is 0 Å². The molecule has 0 saturated carbocycles. The number of Topliss-reactive ketones (excluding diaryl/α,β-unsaturated/α-hetero) is 1. The van der Waals surface area contributed by atoms with Gasteiger partial charge in [0, 0.05) is 10.5 Å². The first-order valence-electron chi connectivity index (χ1n) is 6.27. The number of ether oxygens (including phenoxy) is 3. The molecule has 0 spiro atoms. The summed E-state index contributed by atoms with van der Waals surface area (Å²) in [5, 5.41) is 0. The average molecular weight is 351 g/mol. The van der Waals surface area contributed by atoms with Crippen LogP contribution in [0.15, 0.2) is 46.9 Å². The van der Waals surface area contributed by atoms with Crippen LogP contribution in [-0.2, 0) is 0 Å². The minimum Gasteiger partial charge on any atom is -0.497 e. The second-order valence-electron chi connectivity index (χ2n) is 4.23. The Hall–Kier alpha value is -2.01. The van der Waals surface area contributed by atoms with E-state index in [1.807, 2.05) is 12.1 Å². The molecule has 0 N–H and O–H groups in total. The zero-order chi connectivity index (χ0) is 15.2. The Labute approximate surface area is 131 Å². The van der Waals surface area contributed by atoms with Crippen LogP contribution in [-0.4, -0.2) is 26.6 Å². The van der Waals surface area contributed by atoms with Crippen molar-refractivity contribution in [2.24, 2.45) is 0 Å². The lowest BCUT2D eigenvalue weighted by molar-refractivity contribution is 0.0918. The molecule has 0 atom stereocenters. The summed E-state index contributed by atoms with van der Waals surface area (Å²) in [6.45, 7) is -0.0513. The third-order valence-electron chi connectivity index (χ3n) is 2.89. The monoisotopic (exact) mass is 350 g/mol. The van der Waals surface area contributed by atoms with Gasteiger partial charge in [-0.3, -0.25) is 4.79 Å². The highest BCUT2D eigenvalue weighted by Crippen LogP contribution is 2.25. The molecule has 0 heterocycles. The molecule has 0 aliphatic carbocycles. The van der Waals surface area contributed by atoms with Crippen molar-refractivity contribution in [2.45, 2.75) is 0 Å². The van der Waals surface area contributed by atoms with E-state index in [1.165, 1.54) is 7.11 Å². The van der Waals surface area contributed by atoms with E-state index in [2.05, 4.69) is 15.9 Å². The summed E-state index contributed by atoms with van der Waals surface area (Å²) < 4.78 is 16.8. The van der Waals surface area contributed by atoms with E-state index in [9.17, 15) is 4.79 Å². The minimum absolute atomic E-state index is 0.0513. The molecule has 0 bridgehead atoms. The molecule has 5 heteroatoms. The van der Waals surface area contributed by atoms with Gasteiger partial charge in [-0.25, -0.2) is 0 Å². The van der Waals surface area contributed by atoms with Gasteiger partial charge in [0.1, 0.15) is 17.2 Å². The van der Waals surface area contributed by atoms with Crippen LogP contribution in [0.1, 0.15) is 10.4 Å². The number of hydrogen-bond donors (Lipinski definition) is 0. The van der Waals surface area contributed by atoms with Gasteiger partial charge in [-0.2, -0.15) is 0 Å². The summed E-state index contributed by atoms with van der Waals surface area (Å²) in [6, 6.07) is 12.4. The van der Waals surface area contributed by atoms with Crippen molar-refractivity contribution < 1.29 is 19.0 Å². The van der Waals surface area contributed by atoms with Crippen molar-refractivity contribution in [3.63, 3.8) is 0 Å². The molecule has 0 unspecified atom stereocenters. The maximum Gasteiger partial charge on any atom is 0.203 e. The van der Waals surface area contributed by atoms with Crippen molar-refractivity contribution in [1.82, 2.24) is 0 Å². The Kier molecular flexibility index (Phi) is 5.22. The minimum atomic E-state index is -0.155. The lowest BCUT2D eigenvalue weighted by Gasteiger charge is -2.10. The molecule has 0 fully saturated rings. The summed E-state index contributed by atoms with van der Waals surface area (Å²) >= 11 is 3.34. The lowest BCUT2D eigenvalue weighted by Crippen LogP contribution is -2.12. The molecule has 0 aliphatic rings. The number of ketones is 1. The number of halogens is 1. The van der Waals surface area contributed by atoms with Crippen LogP contribution in [0.5, 0.6) is 17.2 Å². The SMILES string of the molecule is COc1ccc(C(=O)COc2ccc(Br)cc2)c(OC)c1. The molecular weight excluding hydrogens is 336 g/mol. The Balaban J connectivity index is 2.07. The molecule has 0 amide bonds. The topological polar surface area (TPSA) is 44.8 Å². The predicted molar refractivity (Wildman–Crippen MR) is 83.5 cm³/mol. The summed E-state index contributed by atoms with van der Waals surface area (Å²) in [7, 11) is 3.08. The van der Waals surface area contributed by atoms with Gasteiger partial charge in [-0.15, -0.1) is 0 Å². The fourth-order valence-corrected chi connectivity index (χ4v) is 2.05.